The summed E-state index contributed by atoms with van der Waals surface area (Å²) in [5.41, 5.74) is 3.07. The van der Waals surface area contributed by atoms with Crippen LogP contribution in [-0.4, -0.2) is 22.8 Å². The zero-order valence-electron chi connectivity index (χ0n) is 11.9. The third-order valence-corrected chi connectivity index (χ3v) is 3.02. The molecule has 0 fully saturated rings. The number of carboxylic acid groups (broad SMARTS) is 1. The first-order chi connectivity index (χ1) is 9.65. The number of aromatic hydroxyl groups is 1. The molecule has 0 atom stereocenters. The predicted octanol–water partition coefficient (Wildman–Crippen LogP) is 3.79. The van der Waals surface area contributed by atoms with Gasteiger partial charge in [-0.1, -0.05) is 39.0 Å². The SMILES string of the molecule is CCCCCCCCONc1ccc(O)c(C(=O)O)c1. The van der Waals surface area contributed by atoms with E-state index in [0.717, 1.165) is 12.8 Å². The van der Waals surface area contributed by atoms with Gasteiger partial charge in [-0.3, -0.25) is 10.3 Å². The molecule has 0 aliphatic rings. The third-order valence-electron chi connectivity index (χ3n) is 3.02. The van der Waals surface area contributed by atoms with Gasteiger partial charge in [0, 0.05) is 0 Å². The fraction of sp³-hybridized carbons (Fsp3) is 0.533. The van der Waals surface area contributed by atoms with Crippen molar-refractivity contribution in [2.75, 3.05) is 12.1 Å². The summed E-state index contributed by atoms with van der Waals surface area (Å²) in [4.78, 5) is 16.1. The summed E-state index contributed by atoms with van der Waals surface area (Å²) >= 11 is 0. The Balaban J connectivity index is 2.22. The second-order valence-electron chi connectivity index (χ2n) is 4.76. The van der Waals surface area contributed by atoms with Crippen LogP contribution in [0.3, 0.4) is 0 Å². The maximum atomic E-state index is 10.8. The number of anilines is 1. The molecule has 0 spiro atoms. The molecule has 5 heteroatoms. The van der Waals surface area contributed by atoms with Gasteiger partial charge in [0.2, 0.25) is 0 Å². The maximum absolute atomic E-state index is 10.8. The molecule has 5 nitrogen and oxygen atoms in total. The van der Waals surface area contributed by atoms with E-state index >= 15 is 0 Å². The first kappa shape index (κ1) is 16.3. The number of carboxylic acids is 1. The minimum Gasteiger partial charge on any atom is -0.507 e. The first-order valence-electron chi connectivity index (χ1n) is 7.09. The van der Waals surface area contributed by atoms with Gasteiger partial charge in [0.1, 0.15) is 11.3 Å². The zero-order chi connectivity index (χ0) is 14.8. The largest absolute Gasteiger partial charge is 0.507 e. The lowest BCUT2D eigenvalue weighted by molar-refractivity contribution is 0.0693. The number of unbranched alkanes of at least 4 members (excludes halogenated alkanes) is 5. The van der Waals surface area contributed by atoms with E-state index in [4.69, 9.17) is 9.94 Å². The molecule has 0 bridgehead atoms. The van der Waals surface area contributed by atoms with Gasteiger partial charge in [-0.2, -0.15) is 0 Å². The summed E-state index contributed by atoms with van der Waals surface area (Å²) in [5, 5.41) is 18.2. The Morgan fingerprint density at radius 1 is 1.20 bits per heavy atom. The number of phenols is 1. The van der Waals surface area contributed by atoms with Gasteiger partial charge in [0.05, 0.1) is 12.3 Å². The zero-order valence-corrected chi connectivity index (χ0v) is 11.9. The van der Waals surface area contributed by atoms with Gasteiger partial charge < -0.3 is 10.2 Å². The molecule has 1 aromatic rings. The number of carbonyl (C=O) groups is 1. The number of hydrogen-bond acceptors (Lipinski definition) is 4. The molecular weight excluding hydrogens is 258 g/mol. The van der Waals surface area contributed by atoms with E-state index in [1.807, 2.05) is 0 Å². The molecule has 0 saturated carbocycles. The molecule has 0 radical (unpaired) electrons. The Morgan fingerprint density at radius 2 is 1.90 bits per heavy atom. The van der Waals surface area contributed by atoms with Crippen LogP contribution in [0.2, 0.25) is 0 Å². The summed E-state index contributed by atoms with van der Waals surface area (Å²) in [5.74, 6) is -1.42. The van der Waals surface area contributed by atoms with Crippen LogP contribution in [-0.2, 0) is 4.84 Å². The van der Waals surface area contributed by atoms with Gasteiger partial charge in [-0.05, 0) is 24.6 Å². The predicted molar refractivity (Wildman–Crippen MR) is 78.0 cm³/mol. The van der Waals surface area contributed by atoms with Crippen molar-refractivity contribution in [3.63, 3.8) is 0 Å². The summed E-state index contributed by atoms with van der Waals surface area (Å²) in [7, 11) is 0. The highest BCUT2D eigenvalue weighted by Crippen LogP contribution is 2.21. The van der Waals surface area contributed by atoms with E-state index in [2.05, 4.69) is 12.4 Å². The highest BCUT2D eigenvalue weighted by molar-refractivity contribution is 5.91. The second kappa shape index (κ2) is 9.20. The first-order valence-corrected chi connectivity index (χ1v) is 7.09. The highest BCUT2D eigenvalue weighted by atomic mass is 16.6. The summed E-state index contributed by atoms with van der Waals surface area (Å²) in [6.45, 7) is 2.77. The lowest BCUT2D eigenvalue weighted by Crippen LogP contribution is -2.04. The van der Waals surface area contributed by atoms with Crippen molar-refractivity contribution in [2.45, 2.75) is 45.4 Å². The van der Waals surface area contributed by atoms with E-state index in [9.17, 15) is 9.90 Å². The Kier molecular flexibility index (Phi) is 7.50. The Morgan fingerprint density at radius 3 is 2.60 bits per heavy atom. The van der Waals surface area contributed by atoms with Gasteiger partial charge >= 0.3 is 5.97 Å². The smallest absolute Gasteiger partial charge is 0.339 e. The molecule has 3 N–H and O–H groups in total. The average Bonchev–Trinajstić information content (AvgIpc) is 2.43. The number of nitrogens with one attached hydrogen (secondary N) is 1. The second-order valence-corrected chi connectivity index (χ2v) is 4.76. The van der Waals surface area contributed by atoms with Crippen LogP contribution in [0.25, 0.3) is 0 Å². The number of hydrogen-bond donors (Lipinski definition) is 3. The highest BCUT2D eigenvalue weighted by Gasteiger charge is 2.09. The molecular formula is C15H23NO4. The van der Waals surface area contributed by atoms with Crippen molar-refractivity contribution in [3.05, 3.63) is 23.8 Å². The normalized spacial score (nSPS) is 10.4. The fourth-order valence-corrected chi connectivity index (χ4v) is 1.86. The third kappa shape index (κ3) is 5.93. The van der Waals surface area contributed by atoms with Crippen LogP contribution in [0.4, 0.5) is 5.69 Å². The summed E-state index contributed by atoms with van der Waals surface area (Å²) in [6, 6.07) is 4.25. The molecule has 0 aliphatic heterocycles. The number of aromatic carboxylic acids is 1. The van der Waals surface area contributed by atoms with Crippen molar-refractivity contribution >= 4 is 11.7 Å². The van der Waals surface area contributed by atoms with E-state index in [1.165, 1.54) is 37.8 Å². The minimum atomic E-state index is -1.16. The lowest BCUT2D eigenvalue weighted by atomic mass is 10.1. The Hall–Kier alpha value is -1.75. The van der Waals surface area contributed by atoms with Crippen LogP contribution < -0.4 is 5.48 Å². The minimum absolute atomic E-state index is 0.141. The van der Waals surface area contributed by atoms with E-state index in [1.54, 1.807) is 6.07 Å². The fourth-order valence-electron chi connectivity index (χ4n) is 1.86. The molecule has 0 unspecified atom stereocenters. The summed E-state index contributed by atoms with van der Waals surface area (Å²) in [6.07, 6.45) is 7.12. The Labute approximate surface area is 119 Å². The molecule has 0 aromatic heterocycles. The van der Waals surface area contributed by atoms with Crippen molar-refractivity contribution in [1.29, 1.82) is 0 Å². The van der Waals surface area contributed by atoms with Gasteiger partial charge in [-0.15, -0.1) is 0 Å². The molecule has 112 valence electrons. The standard InChI is InChI=1S/C15H23NO4/c1-2-3-4-5-6-7-10-20-16-12-8-9-14(17)13(11-12)15(18)19/h8-9,11,16-17H,2-7,10H2,1H3,(H,18,19). The molecule has 20 heavy (non-hydrogen) atoms. The van der Waals surface area contributed by atoms with Crippen LogP contribution in [0, 0.1) is 0 Å². The van der Waals surface area contributed by atoms with Crippen molar-refractivity contribution in [2.24, 2.45) is 0 Å². The van der Waals surface area contributed by atoms with Gasteiger partial charge in [-0.25, -0.2) is 4.79 Å². The summed E-state index contributed by atoms with van der Waals surface area (Å²) < 4.78 is 0. The van der Waals surface area contributed by atoms with Crippen molar-refractivity contribution in [1.82, 2.24) is 0 Å². The molecule has 0 amide bonds. The van der Waals surface area contributed by atoms with Crippen LogP contribution in [0.15, 0.2) is 18.2 Å². The monoisotopic (exact) mass is 281 g/mol. The van der Waals surface area contributed by atoms with Crippen LogP contribution >= 0.6 is 0 Å². The Bertz CT molecular complexity index is 420. The quantitative estimate of drug-likeness (QED) is 0.345. The average molecular weight is 281 g/mol. The lowest BCUT2D eigenvalue weighted by Gasteiger charge is -2.08. The molecule has 1 aromatic carbocycles. The van der Waals surface area contributed by atoms with E-state index in [0.29, 0.717) is 12.3 Å². The molecule has 0 aliphatic carbocycles. The topological polar surface area (TPSA) is 78.8 Å². The number of benzene rings is 1. The van der Waals surface area contributed by atoms with Gasteiger partial charge in [0.15, 0.2) is 0 Å². The van der Waals surface area contributed by atoms with Crippen LogP contribution in [0.5, 0.6) is 5.75 Å². The van der Waals surface area contributed by atoms with Crippen molar-refractivity contribution < 1.29 is 19.8 Å². The van der Waals surface area contributed by atoms with Gasteiger partial charge in [0.25, 0.3) is 0 Å². The van der Waals surface area contributed by atoms with E-state index in [-0.39, 0.29) is 11.3 Å². The maximum Gasteiger partial charge on any atom is 0.339 e. The van der Waals surface area contributed by atoms with Crippen LogP contribution in [0.1, 0.15) is 55.8 Å². The number of rotatable bonds is 10. The van der Waals surface area contributed by atoms with E-state index < -0.39 is 5.97 Å². The molecule has 0 saturated heterocycles. The molecule has 0 heterocycles. The molecule has 1 rings (SSSR count). The van der Waals surface area contributed by atoms with Crippen molar-refractivity contribution in [3.8, 4) is 5.75 Å².